The lowest BCUT2D eigenvalue weighted by Gasteiger charge is -2.12. The first kappa shape index (κ1) is 16.9. The Morgan fingerprint density at radius 1 is 1.27 bits per heavy atom. The van der Waals surface area contributed by atoms with Crippen molar-refractivity contribution in [3.05, 3.63) is 45.4 Å². The predicted octanol–water partition coefficient (Wildman–Crippen LogP) is 3.26. The van der Waals surface area contributed by atoms with Crippen LogP contribution in [0, 0.1) is 13.8 Å². The molecule has 0 radical (unpaired) electrons. The average Bonchev–Trinajstić information content (AvgIpc) is 2.81. The van der Waals surface area contributed by atoms with Crippen molar-refractivity contribution in [2.24, 2.45) is 0 Å². The second-order valence-corrected chi connectivity index (χ2v) is 7.39. The van der Waals surface area contributed by atoms with Gasteiger partial charge in [0.15, 0.2) is 0 Å². The lowest BCUT2D eigenvalue weighted by atomic mass is 10.1. The summed E-state index contributed by atoms with van der Waals surface area (Å²) in [6, 6.07) is 2.94. The number of rotatable bonds is 4. The van der Waals surface area contributed by atoms with Gasteiger partial charge in [-0.1, -0.05) is 6.07 Å². The number of nitrogens with one attached hydrogen (secondary N) is 1. The van der Waals surface area contributed by atoms with Crippen molar-refractivity contribution < 1.29 is 21.6 Å². The van der Waals surface area contributed by atoms with Crippen LogP contribution in [0.3, 0.4) is 0 Å². The molecule has 0 aliphatic carbocycles. The van der Waals surface area contributed by atoms with Crippen molar-refractivity contribution in [2.75, 3.05) is 0 Å². The fraction of sp³-hybridized carbons (Fsp3) is 0.308. The smallest absolute Gasteiger partial charge is 0.245 e. The van der Waals surface area contributed by atoms with Gasteiger partial charge in [0.05, 0.1) is 17.0 Å². The zero-order chi connectivity index (χ0) is 16.5. The first-order chi connectivity index (χ1) is 10.1. The number of nitrogens with zero attached hydrogens (tertiary/aromatic N) is 1. The third kappa shape index (κ3) is 3.84. The standard InChI is InChI=1S/C13H13F3N2O2S2/c1-8-3-4-10(5-11(8)13(14,15)16)22(19,20)17-6-12-18-9(2)7-21-12/h3-5,7,17H,6H2,1-2H3. The molecule has 0 unspecified atom stereocenters. The van der Waals surface area contributed by atoms with Crippen LogP contribution in [0.15, 0.2) is 28.5 Å². The molecule has 0 saturated heterocycles. The maximum absolute atomic E-state index is 12.8. The number of aryl methyl sites for hydroxylation is 2. The van der Waals surface area contributed by atoms with Crippen molar-refractivity contribution in [2.45, 2.75) is 31.5 Å². The number of benzene rings is 1. The van der Waals surface area contributed by atoms with Crippen LogP contribution in [-0.2, 0) is 22.7 Å². The highest BCUT2D eigenvalue weighted by atomic mass is 32.2. The second-order valence-electron chi connectivity index (χ2n) is 4.68. The van der Waals surface area contributed by atoms with Crippen LogP contribution < -0.4 is 4.72 Å². The molecule has 0 amide bonds. The Balaban J connectivity index is 2.26. The topological polar surface area (TPSA) is 59.1 Å². The SMILES string of the molecule is Cc1csc(CNS(=O)(=O)c2ccc(C)c(C(F)(F)F)c2)n1. The molecule has 22 heavy (non-hydrogen) atoms. The first-order valence-corrected chi connectivity index (χ1v) is 8.54. The molecule has 9 heteroatoms. The van der Waals surface area contributed by atoms with Crippen LogP contribution in [0.4, 0.5) is 13.2 Å². The Morgan fingerprint density at radius 2 is 1.95 bits per heavy atom. The highest BCUT2D eigenvalue weighted by Gasteiger charge is 2.33. The van der Waals surface area contributed by atoms with E-state index in [9.17, 15) is 21.6 Å². The van der Waals surface area contributed by atoms with E-state index < -0.39 is 26.7 Å². The summed E-state index contributed by atoms with van der Waals surface area (Å²) in [5.74, 6) is 0. The number of halogens is 3. The van der Waals surface area contributed by atoms with Gasteiger partial charge in [-0.2, -0.15) is 13.2 Å². The fourth-order valence-electron chi connectivity index (χ4n) is 1.80. The second kappa shape index (κ2) is 5.98. The van der Waals surface area contributed by atoms with Crippen molar-refractivity contribution in [3.8, 4) is 0 Å². The van der Waals surface area contributed by atoms with Gasteiger partial charge < -0.3 is 0 Å². The number of thiazole rings is 1. The molecule has 1 heterocycles. The third-order valence-electron chi connectivity index (χ3n) is 2.90. The molecule has 4 nitrogen and oxygen atoms in total. The molecule has 0 aliphatic heterocycles. The first-order valence-electron chi connectivity index (χ1n) is 6.18. The van der Waals surface area contributed by atoms with Crippen LogP contribution >= 0.6 is 11.3 Å². The molecule has 2 rings (SSSR count). The molecular formula is C13H13F3N2O2S2. The Hall–Kier alpha value is -1.45. The third-order valence-corrected chi connectivity index (χ3v) is 5.27. The van der Waals surface area contributed by atoms with Crippen LogP contribution in [0.1, 0.15) is 21.8 Å². The van der Waals surface area contributed by atoms with E-state index in [0.29, 0.717) is 11.1 Å². The highest BCUT2D eigenvalue weighted by molar-refractivity contribution is 7.89. The van der Waals surface area contributed by atoms with E-state index >= 15 is 0 Å². The Morgan fingerprint density at radius 3 is 2.50 bits per heavy atom. The van der Waals surface area contributed by atoms with E-state index in [1.807, 2.05) is 0 Å². The molecule has 1 N–H and O–H groups in total. The van der Waals surface area contributed by atoms with E-state index in [2.05, 4.69) is 9.71 Å². The zero-order valence-corrected chi connectivity index (χ0v) is 13.4. The number of aromatic nitrogens is 1. The monoisotopic (exact) mass is 350 g/mol. The molecule has 0 saturated carbocycles. The molecule has 120 valence electrons. The lowest BCUT2D eigenvalue weighted by molar-refractivity contribution is -0.138. The average molecular weight is 350 g/mol. The summed E-state index contributed by atoms with van der Waals surface area (Å²) >= 11 is 1.28. The number of hydrogen-bond acceptors (Lipinski definition) is 4. The van der Waals surface area contributed by atoms with Crippen molar-refractivity contribution in [1.29, 1.82) is 0 Å². The predicted molar refractivity (Wildman–Crippen MR) is 77.1 cm³/mol. The van der Waals surface area contributed by atoms with Crippen molar-refractivity contribution >= 4 is 21.4 Å². The van der Waals surface area contributed by atoms with Gasteiger partial charge in [-0.25, -0.2) is 18.1 Å². The highest BCUT2D eigenvalue weighted by Crippen LogP contribution is 2.33. The molecule has 0 aliphatic rings. The molecule has 0 fully saturated rings. The minimum atomic E-state index is -4.60. The maximum atomic E-state index is 12.8. The van der Waals surface area contributed by atoms with E-state index in [1.54, 1.807) is 12.3 Å². The quantitative estimate of drug-likeness (QED) is 0.921. The van der Waals surface area contributed by atoms with Crippen molar-refractivity contribution in [3.63, 3.8) is 0 Å². The summed E-state index contributed by atoms with van der Waals surface area (Å²) < 4.78 is 65.0. The largest absolute Gasteiger partial charge is 0.416 e. The minimum absolute atomic E-state index is 0.0259. The summed E-state index contributed by atoms with van der Waals surface area (Å²) in [6.45, 7) is 2.99. The molecule has 1 aromatic carbocycles. The molecular weight excluding hydrogens is 337 g/mol. The molecule has 0 spiro atoms. The molecule has 2 aromatic rings. The van der Waals surface area contributed by atoms with Gasteiger partial charge in [0.25, 0.3) is 0 Å². The van der Waals surface area contributed by atoms with Crippen LogP contribution in [-0.4, -0.2) is 13.4 Å². The van der Waals surface area contributed by atoms with E-state index in [1.165, 1.54) is 18.3 Å². The Kier molecular flexibility index (Phi) is 4.59. The number of alkyl halides is 3. The van der Waals surface area contributed by atoms with Gasteiger partial charge in [-0.15, -0.1) is 11.3 Å². The summed E-state index contributed by atoms with van der Waals surface area (Å²) in [5, 5.41) is 2.31. The fourth-order valence-corrected chi connectivity index (χ4v) is 3.61. The summed E-state index contributed by atoms with van der Waals surface area (Å²) in [6.07, 6.45) is -4.60. The Labute approximate surface area is 130 Å². The van der Waals surface area contributed by atoms with E-state index in [4.69, 9.17) is 0 Å². The number of sulfonamides is 1. The van der Waals surface area contributed by atoms with Crippen LogP contribution in [0.25, 0.3) is 0 Å². The molecule has 0 bridgehead atoms. The molecule has 1 aromatic heterocycles. The van der Waals surface area contributed by atoms with E-state index in [-0.39, 0.29) is 12.1 Å². The van der Waals surface area contributed by atoms with Gasteiger partial charge in [0.1, 0.15) is 5.01 Å². The normalized spacial score (nSPS) is 12.6. The van der Waals surface area contributed by atoms with Crippen LogP contribution in [0.5, 0.6) is 0 Å². The van der Waals surface area contributed by atoms with E-state index in [0.717, 1.165) is 17.8 Å². The van der Waals surface area contributed by atoms with Crippen LogP contribution in [0.2, 0.25) is 0 Å². The molecule has 0 atom stereocenters. The maximum Gasteiger partial charge on any atom is 0.416 e. The van der Waals surface area contributed by atoms with Gasteiger partial charge in [-0.05, 0) is 31.5 Å². The van der Waals surface area contributed by atoms with Gasteiger partial charge >= 0.3 is 6.18 Å². The minimum Gasteiger partial charge on any atom is -0.245 e. The Bertz CT molecular complexity index is 783. The zero-order valence-electron chi connectivity index (χ0n) is 11.7. The number of hydrogen-bond donors (Lipinski definition) is 1. The lowest BCUT2D eigenvalue weighted by Crippen LogP contribution is -2.24. The summed E-state index contributed by atoms with van der Waals surface area (Å²) in [7, 11) is -4.03. The van der Waals surface area contributed by atoms with Gasteiger partial charge in [-0.3, -0.25) is 0 Å². The summed E-state index contributed by atoms with van der Waals surface area (Å²) in [5.41, 5.74) is -0.226. The van der Waals surface area contributed by atoms with Gasteiger partial charge in [0, 0.05) is 11.1 Å². The van der Waals surface area contributed by atoms with Gasteiger partial charge in [0.2, 0.25) is 10.0 Å². The summed E-state index contributed by atoms with van der Waals surface area (Å²) in [4.78, 5) is 3.67. The van der Waals surface area contributed by atoms with Crippen molar-refractivity contribution in [1.82, 2.24) is 9.71 Å².